The van der Waals surface area contributed by atoms with Gasteiger partial charge in [-0.2, -0.15) is 0 Å². The smallest absolute Gasteiger partial charge is 0.295 e. The number of aliphatic hydroxyl groups excluding tert-OH is 1. The summed E-state index contributed by atoms with van der Waals surface area (Å²) in [4.78, 5) is 26.8. The van der Waals surface area contributed by atoms with Gasteiger partial charge in [-0.1, -0.05) is 0 Å². The Hall–Kier alpha value is -3.06. The Kier molecular flexibility index (Phi) is 6.39. The summed E-state index contributed by atoms with van der Waals surface area (Å²) in [6.07, 6.45) is 2.05. The van der Waals surface area contributed by atoms with E-state index in [1.807, 2.05) is 13.8 Å². The average molecular weight is 399 g/mol. The number of rotatable bonds is 8. The molecule has 2 aromatic rings. The number of Topliss-reactive ketones (excluding diaryl/α,β-unsaturated/α-hetero) is 1. The van der Waals surface area contributed by atoms with Crippen molar-refractivity contribution in [1.29, 1.82) is 0 Å². The summed E-state index contributed by atoms with van der Waals surface area (Å²) in [7, 11) is 1.57. The standard InChI is InChI=1S/C22H25NO6/c1-14(2)29-16-9-7-15(8-10-16)20(24)18-19(17-6-4-13-28-17)23(11-5-12-27-3)22(26)21(18)25/h4,6-10,13-14,19,24H,5,11-12H2,1-3H3/b20-18-. The number of hydrogen-bond acceptors (Lipinski definition) is 6. The SMILES string of the molecule is COCCCN1C(=O)C(=O)/C(=C(\O)c2ccc(OC(C)C)cc2)C1c1ccco1. The highest BCUT2D eigenvalue weighted by Gasteiger charge is 2.47. The largest absolute Gasteiger partial charge is 0.507 e. The van der Waals surface area contributed by atoms with E-state index in [4.69, 9.17) is 13.9 Å². The molecule has 1 fully saturated rings. The molecule has 1 N–H and O–H groups in total. The van der Waals surface area contributed by atoms with Crippen LogP contribution in [0, 0.1) is 0 Å². The van der Waals surface area contributed by atoms with E-state index >= 15 is 0 Å². The first-order chi connectivity index (χ1) is 13.9. The number of aliphatic hydroxyl groups is 1. The molecular weight excluding hydrogens is 374 g/mol. The van der Waals surface area contributed by atoms with Crippen molar-refractivity contribution >= 4 is 17.4 Å². The highest BCUT2D eigenvalue weighted by atomic mass is 16.5. The van der Waals surface area contributed by atoms with Crippen molar-refractivity contribution < 1.29 is 28.6 Å². The third-order valence-corrected chi connectivity index (χ3v) is 4.60. The molecule has 0 radical (unpaired) electrons. The predicted octanol–water partition coefficient (Wildman–Crippen LogP) is 3.53. The van der Waals surface area contributed by atoms with Crippen molar-refractivity contribution in [1.82, 2.24) is 4.90 Å². The fraction of sp³-hybridized carbons (Fsp3) is 0.364. The molecule has 1 aliphatic heterocycles. The van der Waals surface area contributed by atoms with Crippen LogP contribution in [0.3, 0.4) is 0 Å². The summed E-state index contributed by atoms with van der Waals surface area (Å²) in [6.45, 7) is 4.59. The first-order valence-corrected chi connectivity index (χ1v) is 9.52. The Labute approximate surface area is 169 Å². The van der Waals surface area contributed by atoms with Crippen molar-refractivity contribution in [3.05, 3.63) is 59.6 Å². The molecule has 2 heterocycles. The van der Waals surface area contributed by atoms with Gasteiger partial charge in [0.1, 0.15) is 23.3 Å². The number of ether oxygens (including phenoxy) is 2. The summed E-state index contributed by atoms with van der Waals surface area (Å²) in [6, 6.07) is 9.33. The zero-order valence-corrected chi connectivity index (χ0v) is 16.8. The van der Waals surface area contributed by atoms with Crippen molar-refractivity contribution in [3.63, 3.8) is 0 Å². The second-order valence-electron chi connectivity index (χ2n) is 7.05. The highest BCUT2D eigenvalue weighted by Crippen LogP contribution is 2.39. The molecule has 0 saturated carbocycles. The molecule has 29 heavy (non-hydrogen) atoms. The molecule has 1 aromatic carbocycles. The van der Waals surface area contributed by atoms with E-state index in [9.17, 15) is 14.7 Å². The van der Waals surface area contributed by atoms with Crippen LogP contribution in [-0.4, -0.2) is 48.1 Å². The lowest BCUT2D eigenvalue weighted by Gasteiger charge is -2.23. The van der Waals surface area contributed by atoms with Crippen molar-refractivity contribution in [2.45, 2.75) is 32.4 Å². The lowest BCUT2D eigenvalue weighted by molar-refractivity contribution is -0.140. The molecule has 1 aliphatic rings. The number of benzene rings is 1. The fourth-order valence-corrected chi connectivity index (χ4v) is 3.35. The van der Waals surface area contributed by atoms with Gasteiger partial charge in [0.2, 0.25) is 0 Å². The summed E-state index contributed by atoms with van der Waals surface area (Å²) in [5.41, 5.74) is 0.437. The van der Waals surface area contributed by atoms with E-state index in [2.05, 4.69) is 0 Å². The number of ketones is 1. The zero-order chi connectivity index (χ0) is 21.0. The van der Waals surface area contributed by atoms with Gasteiger partial charge in [-0.15, -0.1) is 0 Å². The monoisotopic (exact) mass is 399 g/mol. The summed E-state index contributed by atoms with van der Waals surface area (Å²) in [5.74, 6) is -0.565. The van der Waals surface area contributed by atoms with Crippen LogP contribution in [0.15, 0.2) is 52.7 Å². The first-order valence-electron chi connectivity index (χ1n) is 9.52. The summed E-state index contributed by atoms with van der Waals surface area (Å²) in [5, 5.41) is 10.9. The topological polar surface area (TPSA) is 89.2 Å². The van der Waals surface area contributed by atoms with Crippen molar-refractivity contribution in [3.8, 4) is 5.75 Å². The summed E-state index contributed by atoms with van der Waals surface area (Å²) >= 11 is 0. The van der Waals surface area contributed by atoms with Crippen LogP contribution in [-0.2, 0) is 14.3 Å². The number of nitrogens with zero attached hydrogens (tertiary/aromatic N) is 1. The Morgan fingerprint density at radius 1 is 1.21 bits per heavy atom. The van der Waals surface area contributed by atoms with Crippen LogP contribution in [0.4, 0.5) is 0 Å². The second kappa shape index (κ2) is 8.96. The number of likely N-dealkylation sites (tertiary alicyclic amines) is 1. The van der Waals surface area contributed by atoms with Gasteiger partial charge in [-0.25, -0.2) is 0 Å². The van der Waals surface area contributed by atoms with Crippen LogP contribution in [0.2, 0.25) is 0 Å². The minimum Gasteiger partial charge on any atom is -0.507 e. The molecule has 1 unspecified atom stereocenters. The molecular formula is C22H25NO6. The normalized spacial score (nSPS) is 18.6. The molecule has 154 valence electrons. The number of carbonyl (C=O) groups is 2. The predicted molar refractivity (Wildman–Crippen MR) is 106 cm³/mol. The lowest BCUT2D eigenvalue weighted by atomic mass is 9.99. The molecule has 1 saturated heterocycles. The van der Waals surface area contributed by atoms with Gasteiger partial charge < -0.3 is 23.9 Å². The van der Waals surface area contributed by atoms with Crippen LogP contribution >= 0.6 is 0 Å². The lowest BCUT2D eigenvalue weighted by Crippen LogP contribution is -2.31. The molecule has 0 aliphatic carbocycles. The number of amides is 1. The van der Waals surface area contributed by atoms with Gasteiger partial charge in [-0.3, -0.25) is 9.59 Å². The quantitative estimate of drug-likeness (QED) is 0.316. The zero-order valence-electron chi connectivity index (χ0n) is 16.8. The molecule has 0 spiro atoms. The second-order valence-corrected chi connectivity index (χ2v) is 7.05. The van der Waals surface area contributed by atoms with Gasteiger partial charge in [0.05, 0.1) is 17.9 Å². The fourth-order valence-electron chi connectivity index (χ4n) is 3.35. The first kappa shape index (κ1) is 20.7. The van der Waals surface area contributed by atoms with Gasteiger partial charge >= 0.3 is 0 Å². The van der Waals surface area contributed by atoms with Crippen LogP contribution in [0.5, 0.6) is 5.75 Å². The Morgan fingerprint density at radius 3 is 2.52 bits per heavy atom. The van der Waals surface area contributed by atoms with E-state index < -0.39 is 17.7 Å². The maximum absolute atomic E-state index is 12.8. The van der Waals surface area contributed by atoms with Crippen LogP contribution < -0.4 is 4.74 Å². The maximum Gasteiger partial charge on any atom is 0.295 e. The third kappa shape index (κ3) is 4.35. The Bertz CT molecular complexity index is 883. The number of hydrogen-bond donors (Lipinski definition) is 1. The molecule has 1 aromatic heterocycles. The third-order valence-electron chi connectivity index (χ3n) is 4.60. The van der Waals surface area contributed by atoms with Crippen molar-refractivity contribution in [2.75, 3.05) is 20.3 Å². The maximum atomic E-state index is 12.8. The van der Waals surface area contributed by atoms with Crippen molar-refractivity contribution in [2.24, 2.45) is 0 Å². The number of furan rings is 1. The summed E-state index contributed by atoms with van der Waals surface area (Å²) < 4.78 is 16.2. The molecule has 7 nitrogen and oxygen atoms in total. The van der Waals surface area contributed by atoms with E-state index in [1.54, 1.807) is 43.5 Å². The molecule has 0 bridgehead atoms. The Balaban J connectivity index is 1.99. The Morgan fingerprint density at radius 2 is 1.93 bits per heavy atom. The van der Waals surface area contributed by atoms with E-state index in [-0.39, 0.29) is 17.4 Å². The highest BCUT2D eigenvalue weighted by molar-refractivity contribution is 6.46. The minimum atomic E-state index is -0.784. The van der Waals surface area contributed by atoms with Crippen LogP contribution in [0.1, 0.15) is 37.6 Å². The van der Waals surface area contributed by atoms with E-state index in [1.165, 1.54) is 11.2 Å². The number of carbonyl (C=O) groups excluding carboxylic acids is 2. The van der Waals surface area contributed by atoms with Gasteiger partial charge in [-0.05, 0) is 56.7 Å². The minimum absolute atomic E-state index is 0.0138. The molecule has 1 amide bonds. The molecule has 7 heteroatoms. The van der Waals surface area contributed by atoms with E-state index in [0.717, 1.165) is 0 Å². The van der Waals surface area contributed by atoms with E-state index in [0.29, 0.717) is 36.6 Å². The molecule has 3 rings (SSSR count). The van der Waals surface area contributed by atoms with Gasteiger partial charge in [0.15, 0.2) is 0 Å². The average Bonchev–Trinajstić information content (AvgIpc) is 3.30. The van der Waals surface area contributed by atoms with Crippen LogP contribution in [0.25, 0.3) is 5.76 Å². The molecule has 1 atom stereocenters. The van der Waals surface area contributed by atoms with Gasteiger partial charge in [0.25, 0.3) is 11.7 Å². The number of methoxy groups -OCH3 is 1. The van der Waals surface area contributed by atoms with Gasteiger partial charge in [0, 0.05) is 25.8 Å².